The topological polar surface area (TPSA) is 84.7 Å². The number of nitrogens with one attached hydrogen (secondary N) is 1. The first-order chi connectivity index (χ1) is 12.7. The largest absolute Gasteiger partial charge is 0.371 e. The quantitative estimate of drug-likeness (QED) is 0.499. The van der Waals surface area contributed by atoms with Crippen molar-refractivity contribution in [3.8, 4) is 0 Å². The summed E-state index contributed by atoms with van der Waals surface area (Å²) in [5, 5.41) is 13.9. The number of nitro groups is 1. The SMILES string of the molecule is CC(C)(C)C(=O)NCC12C=CC(O1)C1CN(c3ccc([N+](=O)[O-])cc3)CC12. The molecule has 4 rings (SSSR count). The second kappa shape index (κ2) is 6.05. The number of nitro benzene ring substituents is 1. The third-order valence-corrected chi connectivity index (χ3v) is 5.97. The highest BCUT2D eigenvalue weighted by Crippen LogP contribution is 2.51. The van der Waals surface area contributed by atoms with Crippen LogP contribution in [0.4, 0.5) is 11.4 Å². The number of nitrogens with zero attached hydrogens (tertiary/aromatic N) is 2. The molecule has 7 nitrogen and oxygen atoms in total. The minimum absolute atomic E-state index is 0.0194. The number of anilines is 1. The zero-order valence-corrected chi connectivity index (χ0v) is 15.8. The summed E-state index contributed by atoms with van der Waals surface area (Å²) in [6.45, 7) is 7.85. The van der Waals surface area contributed by atoms with Crippen LogP contribution in [0.5, 0.6) is 0 Å². The molecule has 2 bridgehead atoms. The Balaban J connectivity index is 1.48. The molecule has 1 amide bonds. The van der Waals surface area contributed by atoms with Crippen molar-refractivity contribution < 1.29 is 14.5 Å². The van der Waals surface area contributed by atoms with Crippen LogP contribution in [-0.2, 0) is 9.53 Å². The van der Waals surface area contributed by atoms with Gasteiger partial charge in [0.05, 0.1) is 17.6 Å². The van der Waals surface area contributed by atoms with Crippen LogP contribution in [0, 0.1) is 27.4 Å². The molecule has 0 aliphatic carbocycles. The summed E-state index contributed by atoms with van der Waals surface area (Å²) in [6, 6.07) is 6.71. The number of carbonyl (C=O) groups is 1. The number of fused-ring (bicyclic) bond motifs is 5. The van der Waals surface area contributed by atoms with Gasteiger partial charge in [0, 0.05) is 48.2 Å². The molecule has 3 heterocycles. The third kappa shape index (κ3) is 3.00. The maximum absolute atomic E-state index is 12.3. The number of benzene rings is 1. The van der Waals surface area contributed by atoms with Crippen LogP contribution >= 0.6 is 0 Å². The fourth-order valence-electron chi connectivity index (χ4n) is 4.42. The van der Waals surface area contributed by atoms with Gasteiger partial charge in [0.1, 0.15) is 5.60 Å². The molecule has 3 aliphatic heterocycles. The highest BCUT2D eigenvalue weighted by atomic mass is 16.6. The molecule has 3 aliphatic rings. The first-order valence-corrected chi connectivity index (χ1v) is 9.34. The van der Waals surface area contributed by atoms with Crippen molar-refractivity contribution in [2.24, 2.45) is 17.3 Å². The minimum atomic E-state index is -0.453. The van der Waals surface area contributed by atoms with Crippen LogP contribution in [0.1, 0.15) is 20.8 Å². The Morgan fingerprint density at radius 3 is 2.67 bits per heavy atom. The van der Waals surface area contributed by atoms with Crippen LogP contribution in [-0.4, -0.2) is 42.2 Å². The predicted octanol–water partition coefficient (Wildman–Crippen LogP) is 2.52. The van der Waals surface area contributed by atoms with Gasteiger partial charge < -0.3 is 15.0 Å². The van der Waals surface area contributed by atoms with Gasteiger partial charge in [-0.25, -0.2) is 0 Å². The fourth-order valence-corrected chi connectivity index (χ4v) is 4.42. The second-order valence-electron chi connectivity index (χ2n) is 8.78. The maximum Gasteiger partial charge on any atom is 0.269 e. The van der Waals surface area contributed by atoms with Crippen LogP contribution in [0.3, 0.4) is 0 Å². The van der Waals surface area contributed by atoms with Gasteiger partial charge >= 0.3 is 0 Å². The van der Waals surface area contributed by atoms with E-state index in [2.05, 4.69) is 22.4 Å². The van der Waals surface area contributed by atoms with Crippen molar-refractivity contribution in [3.63, 3.8) is 0 Å². The standard InChI is InChI=1S/C20H25N3O4/c1-19(2,3)18(24)21-12-20-9-8-17(27-20)15-10-22(11-16(15)20)13-4-6-14(7-5-13)23(25)26/h4-9,15-17H,10-12H2,1-3H3,(H,21,24). The summed E-state index contributed by atoms with van der Waals surface area (Å²) in [7, 11) is 0. The van der Waals surface area contributed by atoms with Crippen LogP contribution in [0.2, 0.25) is 0 Å². The molecular weight excluding hydrogens is 346 g/mol. The van der Waals surface area contributed by atoms with Gasteiger partial charge in [0.15, 0.2) is 0 Å². The lowest BCUT2D eigenvalue weighted by molar-refractivity contribution is -0.384. The predicted molar refractivity (Wildman–Crippen MR) is 101 cm³/mol. The van der Waals surface area contributed by atoms with Crippen molar-refractivity contribution in [2.45, 2.75) is 32.5 Å². The van der Waals surface area contributed by atoms with Gasteiger partial charge in [0.2, 0.25) is 5.91 Å². The smallest absolute Gasteiger partial charge is 0.269 e. The summed E-state index contributed by atoms with van der Waals surface area (Å²) in [5.74, 6) is 0.686. The molecule has 1 aromatic carbocycles. The van der Waals surface area contributed by atoms with Crippen molar-refractivity contribution in [1.29, 1.82) is 0 Å². The molecule has 1 N–H and O–H groups in total. The van der Waals surface area contributed by atoms with Crippen LogP contribution in [0.15, 0.2) is 36.4 Å². The van der Waals surface area contributed by atoms with E-state index in [4.69, 9.17) is 4.74 Å². The molecule has 1 aromatic rings. The number of carbonyl (C=O) groups excluding carboxylic acids is 1. The van der Waals surface area contributed by atoms with E-state index in [1.165, 1.54) is 0 Å². The van der Waals surface area contributed by atoms with E-state index < -0.39 is 11.0 Å². The molecule has 4 atom stereocenters. The van der Waals surface area contributed by atoms with Crippen LogP contribution < -0.4 is 10.2 Å². The van der Waals surface area contributed by atoms with E-state index in [0.717, 1.165) is 18.8 Å². The number of hydrogen-bond acceptors (Lipinski definition) is 5. The van der Waals surface area contributed by atoms with E-state index in [-0.39, 0.29) is 22.6 Å². The molecular formula is C20H25N3O4. The van der Waals surface area contributed by atoms with Gasteiger partial charge in [-0.1, -0.05) is 32.9 Å². The van der Waals surface area contributed by atoms with E-state index in [1.54, 1.807) is 12.1 Å². The van der Waals surface area contributed by atoms with E-state index >= 15 is 0 Å². The molecule has 2 fully saturated rings. The minimum Gasteiger partial charge on any atom is -0.371 e. The highest BCUT2D eigenvalue weighted by molar-refractivity contribution is 5.81. The van der Waals surface area contributed by atoms with Gasteiger partial charge in [-0.05, 0) is 12.1 Å². The lowest BCUT2D eigenvalue weighted by Crippen LogP contribution is -2.49. The second-order valence-corrected chi connectivity index (χ2v) is 8.78. The highest BCUT2D eigenvalue weighted by Gasteiger charge is 2.59. The molecule has 7 heteroatoms. The monoisotopic (exact) mass is 371 g/mol. The van der Waals surface area contributed by atoms with E-state index in [1.807, 2.05) is 32.9 Å². The Kier molecular flexibility index (Phi) is 4.03. The van der Waals surface area contributed by atoms with Gasteiger partial charge in [0.25, 0.3) is 5.69 Å². The van der Waals surface area contributed by atoms with E-state index in [9.17, 15) is 14.9 Å². The Morgan fingerprint density at radius 2 is 2.04 bits per heavy atom. The number of ether oxygens (including phenoxy) is 1. The van der Waals surface area contributed by atoms with Crippen LogP contribution in [0.25, 0.3) is 0 Å². The third-order valence-electron chi connectivity index (χ3n) is 5.97. The number of rotatable bonds is 4. The Hall–Kier alpha value is -2.41. The van der Waals surface area contributed by atoms with Gasteiger partial charge in [-0.2, -0.15) is 0 Å². The lowest BCUT2D eigenvalue weighted by Gasteiger charge is -2.32. The van der Waals surface area contributed by atoms with Crippen molar-refractivity contribution in [1.82, 2.24) is 5.32 Å². The number of amides is 1. The molecule has 4 unspecified atom stereocenters. The molecule has 2 saturated heterocycles. The molecule has 0 saturated carbocycles. The molecule has 0 aromatic heterocycles. The Morgan fingerprint density at radius 1 is 1.33 bits per heavy atom. The molecule has 27 heavy (non-hydrogen) atoms. The van der Waals surface area contributed by atoms with E-state index in [0.29, 0.717) is 18.4 Å². The average molecular weight is 371 g/mol. The zero-order chi connectivity index (χ0) is 19.4. The summed E-state index contributed by atoms with van der Waals surface area (Å²) < 4.78 is 6.28. The first-order valence-electron chi connectivity index (χ1n) is 9.34. The zero-order valence-electron chi connectivity index (χ0n) is 15.8. The number of non-ortho nitro benzene ring substituents is 1. The van der Waals surface area contributed by atoms with Crippen molar-refractivity contribution >= 4 is 17.3 Å². The molecule has 144 valence electrons. The molecule has 0 spiro atoms. The maximum atomic E-state index is 12.3. The van der Waals surface area contributed by atoms with Crippen molar-refractivity contribution in [2.75, 3.05) is 24.5 Å². The van der Waals surface area contributed by atoms with Gasteiger partial charge in [-0.15, -0.1) is 0 Å². The average Bonchev–Trinajstić information content (AvgIpc) is 3.30. The number of hydrogen-bond donors (Lipinski definition) is 1. The van der Waals surface area contributed by atoms with Gasteiger partial charge in [-0.3, -0.25) is 14.9 Å². The Labute approximate surface area is 158 Å². The summed E-state index contributed by atoms with van der Waals surface area (Å²) >= 11 is 0. The molecule has 0 radical (unpaired) electrons. The first kappa shape index (κ1) is 18.0. The lowest BCUT2D eigenvalue weighted by atomic mass is 9.77. The van der Waals surface area contributed by atoms with Crippen molar-refractivity contribution in [3.05, 3.63) is 46.5 Å². The normalized spacial score (nSPS) is 31.2. The summed E-state index contributed by atoms with van der Waals surface area (Å²) in [5.41, 5.74) is 0.204. The summed E-state index contributed by atoms with van der Waals surface area (Å²) in [4.78, 5) is 25.0. The fraction of sp³-hybridized carbons (Fsp3) is 0.550. The Bertz CT molecular complexity index is 798. The summed E-state index contributed by atoms with van der Waals surface area (Å²) in [6.07, 6.45) is 4.30.